The molecular formula is C11H12N2O4. The van der Waals surface area contributed by atoms with Crippen LogP contribution in [-0.2, 0) is 16.1 Å². The van der Waals surface area contributed by atoms with Gasteiger partial charge in [0.1, 0.15) is 12.5 Å². The molecule has 1 N–H and O–H groups in total. The third kappa shape index (κ3) is 2.72. The van der Waals surface area contributed by atoms with Crippen LogP contribution in [0.4, 0.5) is 4.79 Å². The smallest absolute Gasteiger partial charge is 0.410 e. The molecule has 1 aliphatic heterocycles. The summed E-state index contributed by atoms with van der Waals surface area (Å²) in [6, 6.07) is 5.36. The van der Waals surface area contributed by atoms with Gasteiger partial charge in [0.2, 0.25) is 0 Å². The van der Waals surface area contributed by atoms with Crippen LogP contribution in [0.3, 0.4) is 0 Å². The van der Waals surface area contributed by atoms with E-state index in [0.717, 1.165) is 0 Å². The molecule has 0 spiro atoms. The van der Waals surface area contributed by atoms with Gasteiger partial charge in [-0.1, -0.05) is 6.07 Å². The number of hydrogen-bond acceptors (Lipinski definition) is 4. The molecule has 1 unspecified atom stereocenters. The maximum absolute atomic E-state index is 11.4. The molecule has 0 bridgehead atoms. The quantitative estimate of drug-likeness (QED) is 0.837. The van der Waals surface area contributed by atoms with Gasteiger partial charge in [0.15, 0.2) is 0 Å². The highest BCUT2D eigenvalue weighted by molar-refractivity contribution is 5.75. The van der Waals surface area contributed by atoms with Gasteiger partial charge in [-0.3, -0.25) is 9.78 Å². The first kappa shape index (κ1) is 11.4. The van der Waals surface area contributed by atoms with Crippen LogP contribution in [0.15, 0.2) is 24.4 Å². The van der Waals surface area contributed by atoms with Crippen molar-refractivity contribution >= 4 is 12.1 Å². The van der Waals surface area contributed by atoms with Crippen molar-refractivity contribution in [1.29, 1.82) is 0 Å². The van der Waals surface area contributed by atoms with Crippen molar-refractivity contribution in [2.45, 2.75) is 6.54 Å². The Labute approximate surface area is 97.8 Å². The second-order valence-corrected chi connectivity index (χ2v) is 3.81. The van der Waals surface area contributed by atoms with Crippen LogP contribution in [0.2, 0.25) is 0 Å². The van der Waals surface area contributed by atoms with Crippen molar-refractivity contribution < 1.29 is 19.4 Å². The predicted octanol–water partition coefficient (Wildman–Crippen LogP) is 0.735. The van der Waals surface area contributed by atoms with Crippen LogP contribution >= 0.6 is 0 Å². The first-order valence-corrected chi connectivity index (χ1v) is 5.21. The molecule has 0 radical (unpaired) electrons. The zero-order chi connectivity index (χ0) is 12.3. The van der Waals surface area contributed by atoms with Crippen molar-refractivity contribution in [1.82, 2.24) is 9.88 Å². The third-order valence-electron chi connectivity index (χ3n) is 2.54. The Bertz CT molecular complexity index is 421. The zero-order valence-electron chi connectivity index (χ0n) is 9.07. The first-order valence-electron chi connectivity index (χ1n) is 5.21. The van der Waals surface area contributed by atoms with Gasteiger partial charge in [0.25, 0.3) is 0 Å². The molecule has 17 heavy (non-hydrogen) atoms. The normalized spacial score (nSPS) is 19.9. The van der Waals surface area contributed by atoms with Gasteiger partial charge in [-0.05, 0) is 12.1 Å². The van der Waals surface area contributed by atoms with E-state index in [0.29, 0.717) is 5.69 Å². The Balaban J connectivity index is 2.04. The fourth-order valence-electron chi connectivity index (χ4n) is 1.62. The monoisotopic (exact) mass is 236 g/mol. The van der Waals surface area contributed by atoms with E-state index in [1.54, 1.807) is 18.3 Å². The van der Waals surface area contributed by atoms with Crippen molar-refractivity contribution in [3.05, 3.63) is 30.1 Å². The number of rotatable bonds is 3. The summed E-state index contributed by atoms with van der Waals surface area (Å²) in [5.74, 6) is -1.63. The topological polar surface area (TPSA) is 79.7 Å². The third-order valence-corrected chi connectivity index (χ3v) is 2.54. The fourth-order valence-corrected chi connectivity index (χ4v) is 1.62. The number of aromatic nitrogens is 1. The lowest BCUT2D eigenvalue weighted by Crippen LogP contribution is -2.45. The molecule has 1 saturated heterocycles. The number of pyridine rings is 1. The van der Waals surface area contributed by atoms with Gasteiger partial charge in [-0.15, -0.1) is 0 Å². The van der Waals surface area contributed by atoms with E-state index in [-0.39, 0.29) is 19.7 Å². The summed E-state index contributed by atoms with van der Waals surface area (Å²) in [4.78, 5) is 27.7. The highest BCUT2D eigenvalue weighted by atomic mass is 16.6. The van der Waals surface area contributed by atoms with Gasteiger partial charge in [0, 0.05) is 12.7 Å². The van der Waals surface area contributed by atoms with Crippen LogP contribution in [-0.4, -0.2) is 40.2 Å². The summed E-state index contributed by atoms with van der Waals surface area (Å²) in [5.41, 5.74) is 0.704. The van der Waals surface area contributed by atoms with Crippen LogP contribution in [0.25, 0.3) is 0 Å². The number of cyclic esters (lactones) is 1. The number of amides is 1. The van der Waals surface area contributed by atoms with Gasteiger partial charge >= 0.3 is 12.1 Å². The largest absolute Gasteiger partial charge is 0.481 e. The number of nitrogens with zero attached hydrogens (tertiary/aromatic N) is 2. The Hall–Kier alpha value is -2.11. The Morgan fingerprint density at radius 2 is 2.41 bits per heavy atom. The summed E-state index contributed by atoms with van der Waals surface area (Å²) in [5, 5.41) is 8.87. The van der Waals surface area contributed by atoms with Crippen molar-refractivity contribution in [3.8, 4) is 0 Å². The van der Waals surface area contributed by atoms with Gasteiger partial charge in [0.05, 0.1) is 12.2 Å². The average Bonchev–Trinajstić information content (AvgIpc) is 2.33. The molecule has 2 heterocycles. The maximum Gasteiger partial charge on any atom is 0.410 e. The number of carboxylic acid groups (broad SMARTS) is 1. The minimum absolute atomic E-state index is 0.0626. The lowest BCUT2D eigenvalue weighted by atomic mass is 10.1. The SMILES string of the molecule is O=C(O)C1COC(=O)N(Cc2ccccn2)C1. The summed E-state index contributed by atoms with van der Waals surface area (Å²) >= 11 is 0. The van der Waals surface area contributed by atoms with Crippen LogP contribution in [0.5, 0.6) is 0 Å². The molecule has 0 aromatic carbocycles. The highest BCUT2D eigenvalue weighted by Crippen LogP contribution is 2.14. The lowest BCUT2D eigenvalue weighted by molar-refractivity contribution is -0.145. The average molecular weight is 236 g/mol. The molecule has 2 rings (SSSR count). The van der Waals surface area contributed by atoms with E-state index in [4.69, 9.17) is 9.84 Å². The zero-order valence-corrected chi connectivity index (χ0v) is 9.07. The molecule has 0 saturated carbocycles. The van der Waals surface area contributed by atoms with E-state index < -0.39 is 18.0 Å². The molecule has 1 atom stereocenters. The highest BCUT2D eigenvalue weighted by Gasteiger charge is 2.31. The van der Waals surface area contributed by atoms with Crippen LogP contribution < -0.4 is 0 Å². The minimum Gasteiger partial charge on any atom is -0.481 e. The van der Waals surface area contributed by atoms with Crippen molar-refractivity contribution in [2.24, 2.45) is 5.92 Å². The van der Waals surface area contributed by atoms with E-state index in [1.165, 1.54) is 4.90 Å². The fraction of sp³-hybridized carbons (Fsp3) is 0.364. The maximum atomic E-state index is 11.4. The van der Waals surface area contributed by atoms with Gasteiger partial charge in [-0.2, -0.15) is 0 Å². The lowest BCUT2D eigenvalue weighted by Gasteiger charge is -2.29. The second kappa shape index (κ2) is 4.82. The number of aliphatic carboxylic acids is 1. The number of ether oxygens (including phenoxy) is 1. The first-order chi connectivity index (χ1) is 8.16. The predicted molar refractivity (Wildman–Crippen MR) is 57.1 cm³/mol. The van der Waals surface area contributed by atoms with Crippen molar-refractivity contribution in [3.63, 3.8) is 0 Å². The molecule has 0 aliphatic carbocycles. The summed E-state index contributed by atoms with van der Waals surface area (Å²) in [6.45, 7) is 0.362. The van der Waals surface area contributed by atoms with Crippen molar-refractivity contribution in [2.75, 3.05) is 13.2 Å². The van der Waals surface area contributed by atoms with Crippen LogP contribution in [0.1, 0.15) is 5.69 Å². The summed E-state index contributed by atoms with van der Waals surface area (Å²) in [6.07, 6.45) is 1.13. The standard InChI is InChI=1S/C11H12N2O4/c14-10(15)8-5-13(11(16)17-7-8)6-9-3-1-2-4-12-9/h1-4,8H,5-7H2,(H,14,15). The molecule has 1 fully saturated rings. The molecule has 6 heteroatoms. The number of hydrogen-bond donors (Lipinski definition) is 1. The van der Waals surface area contributed by atoms with Crippen LogP contribution in [0, 0.1) is 5.92 Å². The van der Waals surface area contributed by atoms with E-state index in [2.05, 4.69) is 4.98 Å². The minimum atomic E-state index is -0.955. The number of carboxylic acids is 1. The van der Waals surface area contributed by atoms with E-state index >= 15 is 0 Å². The molecule has 1 amide bonds. The molecule has 90 valence electrons. The van der Waals surface area contributed by atoms with Gasteiger partial charge < -0.3 is 14.7 Å². The molecular weight excluding hydrogens is 224 g/mol. The molecule has 6 nitrogen and oxygen atoms in total. The van der Waals surface area contributed by atoms with E-state index in [9.17, 15) is 9.59 Å². The molecule has 1 aliphatic rings. The summed E-state index contributed by atoms with van der Waals surface area (Å²) in [7, 11) is 0. The molecule has 1 aromatic rings. The summed E-state index contributed by atoms with van der Waals surface area (Å²) < 4.78 is 4.81. The number of carbonyl (C=O) groups excluding carboxylic acids is 1. The second-order valence-electron chi connectivity index (χ2n) is 3.81. The molecule has 1 aromatic heterocycles. The Morgan fingerprint density at radius 3 is 3.06 bits per heavy atom. The van der Waals surface area contributed by atoms with E-state index in [1.807, 2.05) is 6.07 Å². The Kier molecular flexibility index (Phi) is 3.22. The number of carbonyl (C=O) groups is 2. The Morgan fingerprint density at radius 1 is 1.59 bits per heavy atom. The van der Waals surface area contributed by atoms with Gasteiger partial charge in [-0.25, -0.2) is 4.79 Å².